The Morgan fingerprint density at radius 2 is 2.21 bits per heavy atom. The highest BCUT2D eigenvalue weighted by Gasteiger charge is 2.15. The lowest BCUT2D eigenvalue weighted by molar-refractivity contribution is 0.0818. The zero-order chi connectivity index (χ0) is 10.7. The standard InChI is InChI=1S/C9H11BrN2O2/c1-12(2)9(13)8-7(14-3)4-6(10)5-11-8/h4-5H,1-3H3. The second kappa shape index (κ2) is 4.41. The molecule has 5 heteroatoms. The van der Waals surface area contributed by atoms with Crippen LogP contribution < -0.4 is 4.74 Å². The molecule has 0 radical (unpaired) electrons. The number of rotatable bonds is 2. The molecule has 0 bridgehead atoms. The van der Waals surface area contributed by atoms with Crippen LogP contribution in [0.2, 0.25) is 0 Å². The third kappa shape index (κ3) is 2.23. The van der Waals surface area contributed by atoms with Crippen molar-refractivity contribution in [1.29, 1.82) is 0 Å². The average molecular weight is 259 g/mol. The van der Waals surface area contributed by atoms with Crippen LogP contribution in [0.3, 0.4) is 0 Å². The Morgan fingerprint density at radius 1 is 1.57 bits per heavy atom. The average Bonchev–Trinajstić information content (AvgIpc) is 2.16. The van der Waals surface area contributed by atoms with Crippen LogP contribution in [0.4, 0.5) is 0 Å². The van der Waals surface area contributed by atoms with Gasteiger partial charge in [0.1, 0.15) is 0 Å². The van der Waals surface area contributed by atoms with Gasteiger partial charge in [0.15, 0.2) is 11.4 Å². The van der Waals surface area contributed by atoms with Gasteiger partial charge in [-0.15, -0.1) is 0 Å². The van der Waals surface area contributed by atoms with E-state index in [1.165, 1.54) is 12.0 Å². The van der Waals surface area contributed by atoms with E-state index in [1.54, 1.807) is 26.4 Å². The largest absolute Gasteiger partial charge is 0.494 e. The van der Waals surface area contributed by atoms with Crippen molar-refractivity contribution in [2.24, 2.45) is 0 Å². The summed E-state index contributed by atoms with van der Waals surface area (Å²) in [4.78, 5) is 17.1. The first-order valence-electron chi connectivity index (χ1n) is 3.97. The molecule has 1 aromatic rings. The van der Waals surface area contributed by atoms with E-state index < -0.39 is 0 Å². The maximum Gasteiger partial charge on any atom is 0.275 e. The summed E-state index contributed by atoms with van der Waals surface area (Å²) in [6.07, 6.45) is 1.57. The Bertz CT molecular complexity index is 353. The van der Waals surface area contributed by atoms with Gasteiger partial charge in [-0.2, -0.15) is 0 Å². The number of nitrogens with zero attached hydrogens (tertiary/aromatic N) is 2. The maximum absolute atomic E-state index is 11.6. The molecule has 14 heavy (non-hydrogen) atoms. The van der Waals surface area contributed by atoms with Gasteiger partial charge in [-0.1, -0.05) is 0 Å². The van der Waals surface area contributed by atoms with E-state index in [2.05, 4.69) is 20.9 Å². The van der Waals surface area contributed by atoms with E-state index in [4.69, 9.17) is 4.74 Å². The van der Waals surface area contributed by atoms with Gasteiger partial charge in [-0.05, 0) is 22.0 Å². The third-order valence-corrected chi connectivity index (χ3v) is 2.08. The number of carbonyl (C=O) groups excluding carboxylic acids is 1. The molecule has 0 saturated carbocycles. The SMILES string of the molecule is COc1cc(Br)cnc1C(=O)N(C)C. The number of hydrogen-bond acceptors (Lipinski definition) is 3. The summed E-state index contributed by atoms with van der Waals surface area (Å²) in [5.74, 6) is 0.299. The zero-order valence-corrected chi connectivity index (χ0v) is 9.83. The van der Waals surface area contributed by atoms with E-state index >= 15 is 0 Å². The molecule has 0 N–H and O–H groups in total. The van der Waals surface area contributed by atoms with Gasteiger partial charge < -0.3 is 9.64 Å². The molecule has 0 unspecified atom stereocenters. The molecular weight excluding hydrogens is 248 g/mol. The Morgan fingerprint density at radius 3 is 2.71 bits per heavy atom. The van der Waals surface area contributed by atoms with Crippen molar-refractivity contribution < 1.29 is 9.53 Å². The molecule has 0 aliphatic carbocycles. The fourth-order valence-electron chi connectivity index (χ4n) is 0.949. The minimum Gasteiger partial charge on any atom is -0.494 e. The van der Waals surface area contributed by atoms with Gasteiger partial charge in [0.05, 0.1) is 7.11 Å². The molecule has 1 heterocycles. The predicted octanol–water partition coefficient (Wildman–Crippen LogP) is 1.55. The smallest absolute Gasteiger partial charge is 0.275 e. The number of aromatic nitrogens is 1. The molecule has 0 fully saturated rings. The second-order valence-electron chi connectivity index (χ2n) is 2.90. The normalized spacial score (nSPS) is 9.71. The van der Waals surface area contributed by atoms with Crippen LogP contribution in [-0.2, 0) is 0 Å². The van der Waals surface area contributed by atoms with Crippen molar-refractivity contribution in [2.45, 2.75) is 0 Å². The van der Waals surface area contributed by atoms with Crippen molar-refractivity contribution in [1.82, 2.24) is 9.88 Å². The molecule has 1 aromatic heterocycles. The van der Waals surface area contributed by atoms with Crippen molar-refractivity contribution in [3.63, 3.8) is 0 Å². The molecule has 1 rings (SSSR count). The number of amides is 1. The lowest BCUT2D eigenvalue weighted by Gasteiger charge is -2.12. The highest BCUT2D eigenvalue weighted by atomic mass is 79.9. The fraction of sp³-hybridized carbons (Fsp3) is 0.333. The number of hydrogen-bond donors (Lipinski definition) is 0. The van der Waals surface area contributed by atoms with Crippen LogP contribution in [0.25, 0.3) is 0 Å². The summed E-state index contributed by atoms with van der Waals surface area (Å²) in [5, 5.41) is 0. The van der Waals surface area contributed by atoms with Crippen molar-refractivity contribution in [3.8, 4) is 5.75 Å². The highest BCUT2D eigenvalue weighted by molar-refractivity contribution is 9.10. The van der Waals surface area contributed by atoms with Crippen LogP contribution in [0.15, 0.2) is 16.7 Å². The first-order chi connectivity index (χ1) is 6.56. The van der Waals surface area contributed by atoms with Gasteiger partial charge in [0.25, 0.3) is 5.91 Å². The van der Waals surface area contributed by atoms with Gasteiger partial charge in [0, 0.05) is 24.8 Å². The first-order valence-corrected chi connectivity index (χ1v) is 4.76. The number of pyridine rings is 1. The molecular formula is C9H11BrN2O2. The van der Waals surface area contributed by atoms with Gasteiger partial charge >= 0.3 is 0 Å². The molecule has 0 spiro atoms. The monoisotopic (exact) mass is 258 g/mol. The number of methoxy groups -OCH3 is 1. The summed E-state index contributed by atoms with van der Waals surface area (Å²) in [6, 6.07) is 1.71. The van der Waals surface area contributed by atoms with Crippen molar-refractivity contribution in [3.05, 3.63) is 22.4 Å². The molecule has 1 amide bonds. The Balaban J connectivity index is 3.14. The topological polar surface area (TPSA) is 42.4 Å². The summed E-state index contributed by atoms with van der Waals surface area (Å²) in [5.41, 5.74) is 0.320. The number of halogens is 1. The Labute approximate surface area is 91.0 Å². The van der Waals surface area contributed by atoms with E-state index in [9.17, 15) is 4.79 Å². The lowest BCUT2D eigenvalue weighted by Crippen LogP contribution is -2.23. The van der Waals surface area contributed by atoms with Crippen LogP contribution in [-0.4, -0.2) is 37.0 Å². The predicted molar refractivity (Wildman–Crippen MR) is 56.5 cm³/mol. The number of ether oxygens (including phenoxy) is 1. The first kappa shape index (κ1) is 11.0. The summed E-state index contributed by atoms with van der Waals surface area (Å²) >= 11 is 3.26. The summed E-state index contributed by atoms with van der Waals surface area (Å²) in [6.45, 7) is 0. The van der Waals surface area contributed by atoms with Crippen LogP contribution in [0.1, 0.15) is 10.5 Å². The molecule has 4 nitrogen and oxygen atoms in total. The molecule has 0 aliphatic rings. The molecule has 0 aromatic carbocycles. The number of carbonyl (C=O) groups is 1. The summed E-state index contributed by atoms with van der Waals surface area (Å²) < 4.78 is 5.84. The van der Waals surface area contributed by atoms with Gasteiger partial charge in [-0.25, -0.2) is 4.98 Å². The van der Waals surface area contributed by atoms with Crippen LogP contribution in [0.5, 0.6) is 5.75 Å². The lowest BCUT2D eigenvalue weighted by atomic mass is 10.3. The molecule has 76 valence electrons. The van der Waals surface area contributed by atoms with Gasteiger partial charge in [0.2, 0.25) is 0 Å². The quantitative estimate of drug-likeness (QED) is 0.809. The second-order valence-corrected chi connectivity index (χ2v) is 3.82. The maximum atomic E-state index is 11.6. The minimum absolute atomic E-state index is 0.172. The van der Waals surface area contributed by atoms with Crippen LogP contribution in [0, 0.1) is 0 Å². The molecule has 0 saturated heterocycles. The van der Waals surface area contributed by atoms with Crippen LogP contribution >= 0.6 is 15.9 Å². The highest BCUT2D eigenvalue weighted by Crippen LogP contribution is 2.21. The molecule has 0 aliphatic heterocycles. The van der Waals surface area contributed by atoms with E-state index in [1.807, 2.05) is 0 Å². The van der Waals surface area contributed by atoms with Crippen molar-refractivity contribution in [2.75, 3.05) is 21.2 Å². The van der Waals surface area contributed by atoms with E-state index in [-0.39, 0.29) is 5.91 Å². The van der Waals surface area contributed by atoms with E-state index in [0.717, 1.165) is 4.47 Å². The zero-order valence-electron chi connectivity index (χ0n) is 8.24. The molecule has 0 atom stereocenters. The van der Waals surface area contributed by atoms with Gasteiger partial charge in [-0.3, -0.25) is 4.79 Å². The minimum atomic E-state index is -0.172. The summed E-state index contributed by atoms with van der Waals surface area (Å²) in [7, 11) is 4.85. The Kier molecular flexibility index (Phi) is 3.46. The third-order valence-electron chi connectivity index (χ3n) is 1.65. The fourth-order valence-corrected chi connectivity index (χ4v) is 1.26. The van der Waals surface area contributed by atoms with E-state index in [0.29, 0.717) is 11.4 Å². The Hall–Kier alpha value is -1.10. The van der Waals surface area contributed by atoms with Crippen molar-refractivity contribution >= 4 is 21.8 Å².